The van der Waals surface area contributed by atoms with E-state index in [-0.39, 0.29) is 5.78 Å². The van der Waals surface area contributed by atoms with E-state index in [4.69, 9.17) is 4.74 Å². The first-order valence-electron chi connectivity index (χ1n) is 6.44. The van der Waals surface area contributed by atoms with Crippen LogP contribution in [0, 0.1) is 5.92 Å². The van der Waals surface area contributed by atoms with Gasteiger partial charge in [0.25, 0.3) is 0 Å². The van der Waals surface area contributed by atoms with Crippen LogP contribution in [0.25, 0.3) is 0 Å². The Morgan fingerprint density at radius 1 is 1.26 bits per heavy atom. The fraction of sp³-hybridized carbons (Fsp3) is 0.467. The van der Waals surface area contributed by atoms with Crippen molar-refractivity contribution >= 4 is 11.8 Å². The minimum Gasteiger partial charge on any atom is -0.465 e. The highest BCUT2D eigenvalue weighted by atomic mass is 16.5. The monoisotopic (exact) mass is 263 g/mol. The van der Waals surface area contributed by atoms with Gasteiger partial charge in [-0.2, -0.15) is 0 Å². The van der Waals surface area contributed by atoms with E-state index in [2.05, 4.69) is 0 Å². The normalized spacial score (nSPS) is 12.2. The molecule has 0 heterocycles. The molecule has 104 valence electrons. The maximum absolute atomic E-state index is 11.7. The molecule has 1 aromatic carbocycles. The quantitative estimate of drug-likeness (QED) is 0.556. The lowest BCUT2D eigenvalue weighted by Gasteiger charge is -2.21. The number of hydrogen-bond donors (Lipinski definition) is 0. The van der Waals surface area contributed by atoms with Gasteiger partial charge in [0.15, 0.2) is 0 Å². The number of ether oxygens (including phenoxy) is 1. The third kappa shape index (κ3) is 5.22. The Labute approximate surface area is 114 Å². The average molecular weight is 263 g/mol. The number of ketones is 1. The molecule has 1 unspecified atom stereocenters. The molecule has 0 N–H and O–H groups in total. The van der Waals surface area contributed by atoms with Crippen LogP contribution in [-0.2, 0) is 20.9 Å². The van der Waals surface area contributed by atoms with Crippen molar-refractivity contribution in [3.8, 4) is 0 Å². The molecular formula is C15H21NO3. The Balaban J connectivity index is 2.59. The van der Waals surface area contributed by atoms with Gasteiger partial charge in [-0.3, -0.25) is 9.59 Å². The van der Waals surface area contributed by atoms with Gasteiger partial charge in [-0.25, -0.2) is 0 Å². The van der Waals surface area contributed by atoms with Gasteiger partial charge < -0.3 is 9.64 Å². The molecule has 0 aromatic heterocycles. The third-order valence-electron chi connectivity index (χ3n) is 2.85. The topological polar surface area (TPSA) is 46.6 Å². The van der Waals surface area contributed by atoms with Crippen LogP contribution in [0.1, 0.15) is 19.4 Å². The number of hydrogen-bond acceptors (Lipinski definition) is 4. The summed E-state index contributed by atoms with van der Waals surface area (Å²) in [7, 11) is 1.89. The molecule has 0 aliphatic carbocycles. The highest BCUT2D eigenvalue weighted by molar-refractivity contribution is 5.98. The van der Waals surface area contributed by atoms with Crippen LogP contribution >= 0.6 is 0 Å². The first-order valence-corrected chi connectivity index (χ1v) is 6.44. The highest BCUT2D eigenvalue weighted by Crippen LogP contribution is 2.08. The molecule has 19 heavy (non-hydrogen) atoms. The van der Waals surface area contributed by atoms with Crippen molar-refractivity contribution in [3.05, 3.63) is 35.9 Å². The molecule has 0 spiro atoms. The predicted molar refractivity (Wildman–Crippen MR) is 73.6 cm³/mol. The first kappa shape index (κ1) is 15.4. The standard InChI is InChI=1S/C15H21NO3/c1-4-19-15(18)14(12(2)17)11-16(3)10-13-8-6-5-7-9-13/h5-9,14H,4,10-11H2,1-3H3. The lowest BCUT2D eigenvalue weighted by molar-refractivity contribution is -0.151. The third-order valence-corrected chi connectivity index (χ3v) is 2.85. The van der Waals surface area contributed by atoms with Gasteiger partial charge in [-0.15, -0.1) is 0 Å². The van der Waals surface area contributed by atoms with E-state index in [1.807, 2.05) is 42.3 Å². The van der Waals surface area contributed by atoms with Crippen molar-refractivity contribution in [2.45, 2.75) is 20.4 Å². The number of benzene rings is 1. The summed E-state index contributed by atoms with van der Waals surface area (Å²) in [4.78, 5) is 25.2. The molecule has 1 rings (SSSR count). The van der Waals surface area contributed by atoms with E-state index in [0.717, 1.165) is 5.56 Å². The summed E-state index contributed by atoms with van der Waals surface area (Å²) in [5.41, 5.74) is 1.15. The minimum atomic E-state index is -0.700. The number of esters is 1. The van der Waals surface area contributed by atoms with Gasteiger partial charge in [0.2, 0.25) is 0 Å². The number of Topliss-reactive ketones (excluding diaryl/α,β-unsaturated/α-hetero) is 1. The van der Waals surface area contributed by atoms with Crippen LogP contribution in [0.5, 0.6) is 0 Å². The summed E-state index contributed by atoms with van der Waals surface area (Å²) < 4.78 is 4.93. The second-order valence-corrected chi connectivity index (χ2v) is 4.60. The van der Waals surface area contributed by atoms with Gasteiger partial charge in [-0.05, 0) is 26.5 Å². The van der Waals surface area contributed by atoms with E-state index < -0.39 is 11.9 Å². The van der Waals surface area contributed by atoms with Crippen LogP contribution in [0.15, 0.2) is 30.3 Å². The van der Waals surface area contributed by atoms with Crippen molar-refractivity contribution in [2.24, 2.45) is 5.92 Å². The second-order valence-electron chi connectivity index (χ2n) is 4.60. The van der Waals surface area contributed by atoms with E-state index in [1.54, 1.807) is 6.92 Å². The van der Waals surface area contributed by atoms with Crippen LogP contribution in [0.3, 0.4) is 0 Å². The summed E-state index contributed by atoms with van der Waals surface area (Å²) in [6, 6.07) is 9.93. The number of rotatable bonds is 7. The lowest BCUT2D eigenvalue weighted by atomic mass is 10.0. The summed E-state index contributed by atoms with van der Waals surface area (Å²) >= 11 is 0. The van der Waals surface area contributed by atoms with Crippen molar-refractivity contribution < 1.29 is 14.3 Å². The molecule has 0 saturated heterocycles. The van der Waals surface area contributed by atoms with Crippen LogP contribution in [0.2, 0.25) is 0 Å². The Bertz CT molecular complexity index is 417. The summed E-state index contributed by atoms with van der Waals surface area (Å²) in [6.07, 6.45) is 0. The summed E-state index contributed by atoms with van der Waals surface area (Å²) in [6.45, 7) is 4.54. The van der Waals surface area contributed by atoms with Crippen LogP contribution in [-0.4, -0.2) is 36.9 Å². The van der Waals surface area contributed by atoms with Crippen molar-refractivity contribution in [3.63, 3.8) is 0 Å². The predicted octanol–water partition coefficient (Wildman–Crippen LogP) is 1.89. The molecule has 0 fully saturated rings. The molecule has 4 heteroatoms. The maximum atomic E-state index is 11.7. The molecule has 0 bridgehead atoms. The van der Waals surface area contributed by atoms with E-state index >= 15 is 0 Å². The molecule has 1 aromatic rings. The maximum Gasteiger partial charge on any atom is 0.317 e. The molecule has 0 saturated carbocycles. The van der Waals surface area contributed by atoms with Crippen LogP contribution < -0.4 is 0 Å². The first-order chi connectivity index (χ1) is 9.04. The Hall–Kier alpha value is -1.68. The molecule has 1 atom stereocenters. The largest absolute Gasteiger partial charge is 0.465 e. The molecule has 0 aliphatic heterocycles. The summed E-state index contributed by atoms with van der Waals surface area (Å²) in [5.74, 6) is -1.29. The lowest BCUT2D eigenvalue weighted by Crippen LogP contribution is -2.35. The number of nitrogens with zero attached hydrogens (tertiary/aromatic N) is 1. The fourth-order valence-electron chi connectivity index (χ4n) is 1.88. The van der Waals surface area contributed by atoms with Crippen molar-refractivity contribution in [1.82, 2.24) is 4.90 Å². The highest BCUT2D eigenvalue weighted by Gasteiger charge is 2.26. The SMILES string of the molecule is CCOC(=O)C(CN(C)Cc1ccccc1)C(C)=O. The zero-order valence-electron chi connectivity index (χ0n) is 11.8. The van der Waals surface area contributed by atoms with Gasteiger partial charge in [0.05, 0.1) is 6.61 Å². The van der Waals surface area contributed by atoms with Crippen molar-refractivity contribution in [1.29, 1.82) is 0 Å². The van der Waals surface area contributed by atoms with Gasteiger partial charge in [0, 0.05) is 13.1 Å². The summed E-state index contributed by atoms with van der Waals surface area (Å²) in [5, 5.41) is 0. The zero-order valence-corrected chi connectivity index (χ0v) is 11.8. The molecule has 4 nitrogen and oxygen atoms in total. The fourth-order valence-corrected chi connectivity index (χ4v) is 1.88. The van der Waals surface area contributed by atoms with E-state index in [1.165, 1.54) is 6.92 Å². The zero-order chi connectivity index (χ0) is 14.3. The van der Waals surface area contributed by atoms with Crippen LogP contribution in [0.4, 0.5) is 0 Å². The molecule has 0 radical (unpaired) electrons. The Morgan fingerprint density at radius 3 is 2.42 bits per heavy atom. The molecule has 0 amide bonds. The van der Waals surface area contributed by atoms with E-state index in [0.29, 0.717) is 19.7 Å². The minimum absolute atomic E-state index is 0.154. The van der Waals surface area contributed by atoms with E-state index in [9.17, 15) is 9.59 Å². The number of carbonyl (C=O) groups excluding carboxylic acids is 2. The smallest absolute Gasteiger partial charge is 0.317 e. The second kappa shape index (κ2) is 7.69. The average Bonchev–Trinajstić information content (AvgIpc) is 2.37. The van der Waals surface area contributed by atoms with Gasteiger partial charge in [-0.1, -0.05) is 30.3 Å². The van der Waals surface area contributed by atoms with Gasteiger partial charge in [0.1, 0.15) is 11.7 Å². The van der Waals surface area contributed by atoms with Gasteiger partial charge >= 0.3 is 5.97 Å². The molecule has 0 aliphatic rings. The number of carbonyl (C=O) groups is 2. The van der Waals surface area contributed by atoms with Crippen molar-refractivity contribution in [2.75, 3.05) is 20.2 Å². The Morgan fingerprint density at radius 2 is 1.89 bits per heavy atom. The molecular weight excluding hydrogens is 242 g/mol. The Kier molecular flexibility index (Phi) is 6.22.